The molecular weight excluding hydrogens is 276 g/mol. The Morgan fingerprint density at radius 1 is 1.27 bits per heavy atom. The molecular formula is C18H26N2O2. The highest BCUT2D eigenvalue weighted by Gasteiger charge is 2.55. The summed E-state index contributed by atoms with van der Waals surface area (Å²) in [5.74, 6) is -0.440. The SMILES string of the molecule is CC(C)(C)OC(=O)C1C(N)c2ccccc2C12CCNCC2. The predicted molar refractivity (Wildman–Crippen MR) is 86.5 cm³/mol. The van der Waals surface area contributed by atoms with E-state index in [2.05, 4.69) is 17.4 Å². The molecule has 2 atom stereocenters. The van der Waals surface area contributed by atoms with Crippen LogP contribution in [-0.2, 0) is 14.9 Å². The summed E-state index contributed by atoms with van der Waals surface area (Å²) in [4.78, 5) is 12.9. The molecule has 1 heterocycles. The molecule has 0 amide bonds. The van der Waals surface area contributed by atoms with Crippen molar-refractivity contribution in [2.45, 2.75) is 50.7 Å². The molecule has 2 aliphatic rings. The highest BCUT2D eigenvalue weighted by atomic mass is 16.6. The van der Waals surface area contributed by atoms with Crippen LogP contribution in [0.2, 0.25) is 0 Å². The number of piperidine rings is 1. The van der Waals surface area contributed by atoms with Crippen molar-refractivity contribution >= 4 is 5.97 Å². The van der Waals surface area contributed by atoms with Crippen molar-refractivity contribution < 1.29 is 9.53 Å². The van der Waals surface area contributed by atoms with Crippen LogP contribution in [0.25, 0.3) is 0 Å². The van der Waals surface area contributed by atoms with Crippen LogP contribution in [-0.4, -0.2) is 24.7 Å². The van der Waals surface area contributed by atoms with Crippen molar-refractivity contribution in [1.82, 2.24) is 5.32 Å². The first-order valence-corrected chi connectivity index (χ1v) is 8.14. The zero-order valence-electron chi connectivity index (χ0n) is 13.7. The second kappa shape index (κ2) is 5.36. The first kappa shape index (κ1) is 15.5. The van der Waals surface area contributed by atoms with Crippen LogP contribution in [0.1, 0.15) is 50.8 Å². The standard InChI is InChI=1S/C18H26N2O2/c1-17(2,3)22-16(21)14-15(19)12-6-4-5-7-13(12)18(14)8-10-20-11-9-18/h4-7,14-15,20H,8-11,19H2,1-3H3. The lowest BCUT2D eigenvalue weighted by molar-refractivity contribution is -0.163. The van der Waals surface area contributed by atoms with Crippen molar-refractivity contribution in [2.24, 2.45) is 11.7 Å². The van der Waals surface area contributed by atoms with E-state index in [1.807, 2.05) is 32.9 Å². The van der Waals surface area contributed by atoms with Crippen LogP contribution in [0.4, 0.5) is 0 Å². The van der Waals surface area contributed by atoms with Gasteiger partial charge in [-0.1, -0.05) is 24.3 Å². The van der Waals surface area contributed by atoms with Gasteiger partial charge >= 0.3 is 5.97 Å². The van der Waals surface area contributed by atoms with Crippen molar-refractivity contribution in [3.05, 3.63) is 35.4 Å². The summed E-state index contributed by atoms with van der Waals surface area (Å²) in [5, 5.41) is 3.40. The Balaban J connectivity index is 2.03. The second-order valence-corrected chi connectivity index (χ2v) is 7.53. The zero-order chi connectivity index (χ0) is 16.0. The summed E-state index contributed by atoms with van der Waals surface area (Å²) >= 11 is 0. The molecule has 0 bridgehead atoms. The number of nitrogens with one attached hydrogen (secondary N) is 1. The minimum Gasteiger partial charge on any atom is -0.460 e. The Morgan fingerprint density at radius 2 is 1.91 bits per heavy atom. The monoisotopic (exact) mass is 302 g/mol. The normalized spacial score (nSPS) is 26.7. The fourth-order valence-corrected chi connectivity index (χ4v) is 4.12. The van der Waals surface area contributed by atoms with Crippen LogP contribution < -0.4 is 11.1 Å². The Labute approximate surface area is 132 Å². The first-order chi connectivity index (χ1) is 10.4. The van der Waals surface area contributed by atoms with E-state index in [4.69, 9.17) is 10.5 Å². The van der Waals surface area contributed by atoms with Gasteiger partial charge in [0.05, 0.1) is 5.92 Å². The van der Waals surface area contributed by atoms with Gasteiger partial charge in [0, 0.05) is 11.5 Å². The van der Waals surface area contributed by atoms with Crippen LogP contribution in [0, 0.1) is 5.92 Å². The number of esters is 1. The average molecular weight is 302 g/mol. The molecule has 1 aromatic carbocycles. The molecule has 0 aromatic heterocycles. The lowest BCUT2D eigenvalue weighted by Crippen LogP contribution is -2.48. The molecule has 0 radical (unpaired) electrons. The molecule has 1 aliphatic carbocycles. The molecule has 1 spiro atoms. The number of ether oxygens (including phenoxy) is 1. The number of rotatable bonds is 1. The van der Waals surface area contributed by atoms with Gasteiger partial charge in [-0.3, -0.25) is 4.79 Å². The maximum Gasteiger partial charge on any atom is 0.312 e. The summed E-state index contributed by atoms with van der Waals surface area (Å²) < 4.78 is 5.71. The van der Waals surface area contributed by atoms with E-state index in [9.17, 15) is 4.79 Å². The van der Waals surface area contributed by atoms with Gasteiger partial charge < -0.3 is 15.8 Å². The molecule has 0 saturated carbocycles. The smallest absolute Gasteiger partial charge is 0.312 e. The number of carbonyl (C=O) groups excluding carboxylic acids is 1. The van der Waals surface area contributed by atoms with Crippen LogP contribution in [0.15, 0.2) is 24.3 Å². The minimum absolute atomic E-state index is 0.155. The lowest BCUT2D eigenvalue weighted by Gasteiger charge is -2.40. The number of carbonyl (C=O) groups is 1. The molecule has 3 N–H and O–H groups in total. The van der Waals surface area contributed by atoms with E-state index in [0.29, 0.717) is 0 Å². The summed E-state index contributed by atoms with van der Waals surface area (Å²) in [6, 6.07) is 7.99. The topological polar surface area (TPSA) is 64.3 Å². The fourth-order valence-electron chi connectivity index (χ4n) is 4.12. The zero-order valence-corrected chi connectivity index (χ0v) is 13.7. The highest BCUT2D eigenvalue weighted by molar-refractivity contribution is 5.78. The third-order valence-electron chi connectivity index (χ3n) is 4.97. The van der Waals surface area contributed by atoms with Gasteiger partial charge in [0.2, 0.25) is 0 Å². The fraction of sp³-hybridized carbons (Fsp3) is 0.611. The minimum atomic E-state index is -0.486. The van der Waals surface area contributed by atoms with Crippen LogP contribution >= 0.6 is 0 Å². The molecule has 22 heavy (non-hydrogen) atoms. The van der Waals surface area contributed by atoms with Crippen molar-refractivity contribution in [2.75, 3.05) is 13.1 Å². The van der Waals surface area contributed by atoms with Gasteiger partial charge in [0.1, 0.15) is 5.60 Å². The van der Waals surface area contributed by atoms with Gasteiger partial charge in [-0.25, -0.2) is 0 Å². The van der Waals surface area contributed by atoms with Crippen molar-refractivity contribution in [3.8, 4) is 0 Å². The molecule has 1 fully saturated rings. The Morgan fingerprint density at radius 3 is 2.55 bits per heavy atom. The largest absolute Gasteiger partial charge is 0.460 e. The van der Waals surface area contributed by atoms with Crippen LogP contribution in [0.3, 0.4) is 0 Å². The molecule has 4 heteroatoms. The molecule has 4 nitrogen and oxygen atoms in total. The molecule has 2 unspecified atom stereocenters. The summed E-state index contributed by atoms with van der Waals surface area (Å²) in [6.07, 6.45) is 1.86. The van der Waals surface area contributed by atoms with Crippen LogP contribution in [0.5, 0.6) is 0 Å². The summed E-state index contributed by atoms with van der Waals surface area (Å²) in [7, 11) is 0. The van der Waals surface area contributed by atoms with E-state index >= 15 is 0 Å². The number of hydrogen-bond donors (Lipinski definition) is 2. The molecule has 1 aliphatic heterocycles. The number of fused-ring (bicyclic) bond motifs is 2. The van der Waals surface area contributed by atoms with E-state index < -0.39 is 5.60 Å². The van der Waals surface area contributed by atoms with E-state index in [1.165, 1.54) is 5.56 Å². The Hall–Kier alpha value is -1.39. The van der Waals surface area contributed by atoms with Crippen molar-refractivity contribution in [1.29, 1.82) is 0 Å². The average Bonchev–Trinajstić information content (AvgIpc) is 2.68. The van der Waals surface area contributed by atoms with E-state index in [1.54, 1.807) is 0 Å². The number of nitrogens with two attached hydrogens (primary N) is 1. The molecule has 120 valence electrons. The molecule has 1 aromatic rings. The lowest BCUT2D eigenvalue weighted by atomic mass is 9.68. The van der Waals surface area contributed by atoms with Crippen molar-refractivity contribution in [3.63, 3.8) is 0 Å². The maximum absolute atomic E-state index is 12.9. The maximum atomic E-state index is 12.9. The van der Waals surface area contributed by atoms with Gasteiger partial charge in [0.25, 0.3) is 0 Å². The second-order valence-electron chi connectivity index (χ2n) is 7.53. The van der Waals surface area contributed by atoms with E-state index in [0.717, 1.165) is 31.5 Å². The number of hydrogen-bond acceptors (Lipinski definition) is 4. The molecule has 3 rings (SSSR count). The van der Waals surface area contributed by atoms with E-state index in [-0.39, 0.29) is 23.3 Å². The van der Waals surface area contributed by atoms with Gasteiger partial charge in [-0.2, -0.15) is 0 Å². The quantitative estimate of drug-likeness (QED) is 0.781. The Bertz CT molecular complexity index is 571. The first-order valence-electron chi connectivity index (χ1n) is 8.14. The Kier molecular flexibility index (Phi) is 3.77. The summed E-state index contributed by atoms with van der Waals surface area (Å²) in [5.41, 5.74) is 8.19. The van der Waals surface area contributed by atoms with Gasteiger partial charge in [0.15, 0.2) is 0 Å². The third-order valence-corrected chi connectivity index (χ3v) is 4.97. The third kappa shape index (κ3) is 2.44. The van der Waals surface area contributed by atoms with Gasteiger partial charge in [-0.15, -0.1) is 0 Å². The van der Waals surface area contributed by atoms with Gasteiger partial charge in [-0.05, 0) is 57.8 Å². The molecule has 1 saturated heterocycles. The number of benzene rings is 1. The predicted octanol–water partition coefficient (Wildman–Crippen LogP) is 2.28. The highest BCUT2D eigenvalue weighted by Crippen LogP contribution is 2.53. The summed E-state index contributed by atoms with van der Waals surface area (Å²) in [6.45, 7) is 7.57.